The first-order valence-corrected chi connectivity index (χ1v) is 21.2. The molecule has 0 atom stereocenters. The molecule has 0 radical (unpaired) electrons. The van der Waals surface area contributed by atoms with Gasteiger partial charge in [-0.3, -0.25) is 0 Å². The van der Waals surface area contributed by atoms with E-state index in [1.54, 1.807) is 12.1 Å². The van der Waals surface area contributed by atoms with E-state index in [0.29, 0.717) is 31.9 Å². The number of aliphatic hydroxyl groups is 4. The van der Waals surface area contributed by atoms with Crippen molar-refractivity contribution in [2.45, 2.75) is 13.5 Å². The normalized spacial score (nSPS) is 11.5. The van der Waals surface area contributed by atoms with Gasteiger partial charge in [0.1, 0.15) is 5.69 Å². The molecule has 10 N–H and O–H groups in total. The molecule has 12 nitrogen and oxygen atoms in total. The highest BCUT2D eigenvalue weighted by atomic mass is 33.1. The summed E-state index contributed by atoms with van der Waals surface area (Å²) in [7, 11) is 3.79. The minimum atomic E-state index is 0.0291. The van der Waals surface area contributed by atoms with Crippen LogP contribution in [-0.2, 0) is 6.54 Å². The average molecular weight is 801 g/mol. The fourth-order valence-electron chi connectivity index (χ4n) is 5.94. The third kappa shape index (κ3) is 13.8. The van der Waals surface area contributed by atoms with Gasteiger partial charge in [-0.25, -0.2) is 0 Å². The highest BCUT2D eigenvalue weighted by Crippen LogP contribution is 2.26. The number of quaternary nitrogens is 1. The molecule has 0 saturated carbocycles. The molecule has 0 aliphatic heterocycles. The minimum Gasteiger partial charge on any atom is -0.399 e. The van der Waals surface area contributed by atoms with Gasteiger partial charge in [-0.15, -0.1) is 0 Å². The van der Waals surface area contributed by atoms with Crippen LogP contribution < -0.4 is 31.2 Å². The van der Waals surface area contributed by atoms with Crippen molar-refractivity contribution in [2.24, 2.45) is 10.2 Å². The van der Waals surface area contributed by atoms with Gasteiger partial charge in [0.25, 0.3) is 0 Å². The molecule has 4 aromatic carbocycles. The van der Waals surface area contributed by atoms with Crippen LogP contribution >= 0.6 is 21.6 Å². The third-order valence-corrected chi connectivity index (χ3v) is 11.2. The number of pyridine rings is 1. The van der Waals surface area contributed by atoms with Gasteiger partial charge in [0.15, 0.2) is 12.7 Å². The number of para-hydroxylation sites is 2. The second-order valence-electron chi connectivity index (χ2n) is 12.6. The van der Waals surface area contributed by atoms with Crippen LogP contribution in [0.1, 0.15) is 12.5 Å². The van der Waals surface area contributed by atoms with E-state index < -0.39 is 0 Å². The molecule has 0 aliphatic rings. The summed E-state index contributed by atoms with van der Waals surface area (Å²) in [6.07, 6.45) is 4.06. The lowest BCUT2D eigenvalue weighted by Crippen LogP contribution is -2.79. The van der Waals surface area contributed by atoms with Crippen molar-refractivity contribution in [3.05, 3.63) is 121 Å². The van der Waals surface area contributed by atoms with Crippen molar-refractivity contribution >= 4 is 72.3 Å². The topological polar surface area (TPSA) is 185 Å². The Morgan fingerprint density at radius 2 is 1.29 bits per heavy atom. The predicted molar refractivity (Wildman–Crippen MR) is 235 cm³/mol. The zero-order valence-electron chi connectivity index (χ0n) is 32.0. The zero-order valence-corrected chi connectivity index (χ0v) is 33.7. The molecule has 1 heterocycles. The number of aromatic nitrogens is 1. The summed E-state index contributed by atoms with van der Waals surface area (Å²) in [5.74, 6) is 2.04. The fourth-order valence-corrected chi connectivity index (χ4v) is 7.89. The van der Waals surface area contributed by atoms with E-state index in [0.717, 1.165) is 69.7 Å². The van der Waals surface area contributed by atoms with Crippen LogP contribution in [0.25, 0.3) is 16.6 Å². The Balaban J connectivity index is 0.000000419. The van der Waals surface area contributed by atoms with Crippen molar-refractivity contribution < 1.29 is 30.3 Å². The van der Waals surface area contributed by atoms with E-state index in [-0.39, 0.29) is 26.4 Å². The van der Waals surface area contributed by atoms with Gasteiger partial charge < -0.3 is 47.0 Å². The van der Waals surface area contributed by atoms with Crippen LogP contribution in [0.15, 0.2) is 126 Å². The molecule has 14 heteroatoms. The van der Waals surface area contributed by atoms with E-state index in [1.807, 2.05) is 99.0 Å². The van der Waals surface area contributed by atoms with Crippen LogP contribution in [0.2, 0.25) is 0 Å². The summed E-state index contributed by atoms with van der Waals surface area (Å²) in [6, 6.07) is 33.6. The smallest absolute Gasteiger partial charge is 0.214 e. The molecule has 1 aromatic heterocycles. The number of anilines is 4. The van der Waals surface area contributed by atoms with Gasteiger partial charge in [0.2, 0.25) is 5.52 Å². The first-order valence-electron chi connectivity index (χ1n) is 18.7. The maximum absolute atomic E-state index is 9.29. The Morgan fingerprint density at radius 1 is 0.714 bits per heavy atom. The van der Waals surface area contributed by atoms with Crippen molar-refractivity contribution in [2.75, 3.05) is 91.9 Å². The molecule has 298 valence electrons. The zero-order chi connectivity index (χ0) is 40.0. The summed E-state index contributed by atoms with van der Waals surface area (Å²) in [5, 5.41) is 48.7. The van der Waals surface area contributed by atoms with Crippen LogP contribution in [0, 0.1) is 0 Å². The number of aliphatic hydroxyl groups excluding tert-OH is 4. The number of fused-ring (bicyclic) bond motifs is 1. The molecule has 0 amide bonds. The third-order valence-electron chi connectivity index (χ3n) is 8.76. The van der Waals surface area contributed by atoms with E-state index in [9.17, 15) is 10.2 Å². The number of rotatable bonds is 21. The average Bonchev–Trinajstić information content (AvgIpc) is 3.22. The van der Waals surface area contributed by atoms with Gasteiger partial charge in [-0.05, 0) is 73.7 Å². The van der Waals surface area contributed by atoms with Gasteiger partial charge in [0, 0.05) is 55.4 Å². The molecule has 0 bridgehead atoms. The predicted octanol–water partition coefficient (Wildman–Crippen LogP) is 4.98. The second-order valence-corrected chi connectivity index (χ2v) is 15.3. The Bertz CT molecular complexity index is 1940. The monoisotopic (exact) mass is 800 g/mol. The Labute approximate surface area is 338 Å². The van der Waals surface area contributed by atoms with Gasteiger partial charge in [-0.2, -0.15) is 14.8 Å². The van der Waals surface area contributed by atoms with Crippen LogP contribution in [0.3, 0.4) is 0 Å². The molecule has 5 aromatic rings. The molecule has 0 fully saturated rings. The summed E-state index contributed by atoms with van der Waals surface area (Å²) < 4.78 is 2.27. The standard InChI is InChI=1S/C32H38N6O2S2.C10H16N2O2/c1-2-30(36-35-25-11-13-26(14-12-25)37(18-21-39)19-22-40)28-8-3-5-9-31(28)34-16-23-41-42-24-20-38-17-15-29(33)27-7-4-6-10-32(27)38;11-9-1-3-10(4-2-9)12(5-7-13)6-8-14/h2-15,17,33-34,39-40H,16,18-24H2,1H3;1-4,13-14H,5-8,11H2/p+2/b30-2+,36-35?;. The van der Waals surface area contributed by atoms with Crippen LogP contribution in [0.5, 0.6) is 0 Å². The lowest BCUT2D eigenvalue weighted by Gasteiger charge is -2.22. The number of allylic oxidation sites excluding steroid dienone is 1. The molecule has 0 aliphatic carbocycles. The number of nitrogens with zero attached hydrogens (tertiary/aromatic N) is 5. The van der Waals surface area contributed by atoms with Crippen molar-refractivity contribution in [1.82, 2.24) is 0 Å². The summed E-state index contributed by atoms with van der Waals surface area (Å²) >= 11 is 0. The van der Waals surface area contributed by atoms with E-state index in [1.165, 1.54) is 5.52 Å². The first kappa shape index (κ1) is 44.0. The van der Waals surface area contributed by atoms with E-state index in [2.05, 4.69) is 62.7 Å². The Morgan fingerprint density at radius 3 is 1.91 bits per heavy atom. The first-order chi connectivity index (χ1) is 27.4. The van der Waals surface area contributed by atoms with E-state index in [4.69, 9.17) is 21.7 Å². The van der Waals surface area contributed by atoms with Crippen molar-refractivity contribution in [3.8, 4) is 0 Å². The fraction of sp³-hybridized carbons (Fsp3) is 0.310. The molecule has 0 saturated heterocycles. The quantitative estimate of drug-likeness (QED) is 0.0176. The van der Waals surface area contributed by atoms with Crippen LogP contribution in [0.4, 0.5) is 34.1 Å². The maximum atomic E-state index is 9.29. The number of nitrogen functional groups attached to an aromatic ring is 2. The highest BCUT2D eigenvalue weighted by molar-refractivity contribution is 8.76. The second kappa shape index (κ2) is 24.8. The van der Waals surface area contributed by atoms with Gasteiger partial charge in [-0.1, -0.05) is 51.9 Å². The molecule has 5 rings (SSSR count). The summed E-state index contributed by atoms with van der Waals surface area (Å²) in [4.78, 5) is 3.83. The molecule has 0 unspecified atom stereocenters. The number of aryl methyl sites for hydroxylation is 1. The van der Waals surface area contributed by atoms with Crippen molar-refractivity contribution in [3.63, 3.8) is 0 Å². The highest BCUT2D eigenvalue weighted by Gasteiger charge is 2.13. The maximum Gasteiger partial charge on any atom is 0.214 e. The molecule has 0 spiro atoms. The number of nitrogens with two attached hydrogens (primary N) is 3. The van der Waals surface area contributed by atoms with Gasteiger partial charge in [0.05, 0.1) is 72.5 Å². The van der Waals surface area contributed by atoms with Crippen LogP contribution in [-0.4, -0.2) is 91.1 Å². The number of benzene rings is 4. The summed E-state index contributed by atoms with van der Waals surface area (Å²) in [6.45, 7) is 6.05. The lowest BCUT2D eigenvalue weighted by molar-refractivity contribution is -0.666. The molecular formula is C42H56N8O4S2+2. The number of hydrogen-bond acceptors (Lipinski definition) is 12. The Hall–Kier alpha value is -4.67. The number of azo groups is 1. The van der Waals surface area contributed by atoms with Crippen molar-refractivity contribution in [1.29, 1.82) is 0 Å². The molecular weight excluding hydrogens is 745 g/mol. The Kier molecular flexibility index (Phi) is 19.5. The van der Waals surface area contributed by atoms with Gasteiger partial charge >= 0.3 is 0 Å². The summed E-state index contributed by atoms with van der Waals surface area (Å²) in [5.41, 5.74) is 20.1. The largest absolute Gasteiger partial charge is 0.399 e. The minimum absolute atomic E-state index is 0.0291. The SMILES string of the molecule is C/C=C(/N=Nc1ccc(N(CCO)CCO)cc1)c1ccccc1[NH2+]CCSSCC[n+]1ccc(N)c2ccccc21.Nc1ccc(N(CCO)CCO)cc1. The lowest BCUT2D eigenvalue weighted by atomic mass is 10.1. The van der Waals surface area contributed by atoms with E-state index >= 15 is 0 Å². The number of hydrogen-bond donors (Lipinski definition) is 7. The molecule has 56 heavy (non-hydrogen) atoms.